The van der Waals surface area contributed by atoms with Crippen LogP contribution in [0.5, 0.6) is 0 Å². The monoisotopic (exact) mass is 288 g/mol. The molecule has 0 saturated heterocycles. The minimum Gasteiger partial charge on any atom is -0.357 e. The third-order valence-corrected chi connectivity index (χ3v) is 3.26. The van der Waals surface area contributed by atoms with Gasteiger partial charge in [0.1, 0.15) is 0 Å². The molecule has 2 rings (SSSR count). The number of hydrogen-bond acceptors (Lipinski definition) is 3. The zero-order chi connectivity index (χ0) is 15.1. The molecule has 1 aliphatic carbocycles. The Balaban J connectivity index is 1.95. The Hall–Kier alpha value is -2.37. The molecule has 0 fully saturated rings. The number of rotatable bonds is 5. The molecule has 21 heavy (non-hydrogen) atoms. The van der Waals surface area contributed by atoms with Gasteiger partial charge < -0.3 is 10.6 Å². The molecule has 1 aromatic carbocycles. The maximum absolute atomic E-state index is 10.6. The highest BCUT2D eigenvalue weighted by molar-refractivity contribution is 5.80. The second kappa shape index (κ2) is 7.42. The van der Waals surface area contributed by atoms with Gasteiger partial charge in [-0.15, -0.1) is 0 Å². The van der Waals surface area contributed by atoms with Gasteiger partial charge in [0.05, 0.1) is 11.5 Å². The molecule has 1 aliphatic rings. The van der Waals surface area contributed by atoms with Crippen molar-refractivity contribution in [1.82, 2.24) is 10.6 Å². The summed E-state index contributed by atoms with van der Waals surface area (Å²) in [6.07, 6.45) is 6.36. The van der Waals surface area contributed by atoms with Crippen LogP contribution < -0.4 is 10.6 Å². The van der Waals surface area contributed by atoms with E-state index in [1.165, 1.54) is 12.1 Å². The Morgan fingerprint density at radius 3 is 2.57 bits per heavy atom. The Kier molecular flexibility index (Phi) is 5.31. The summed E-state index contributed by atoms with van der Waals surface area (Å²) in [5, 5.41) is 17.2. The fraction of sp³-hybridized carbons (Fsp3) is 0.400. The minimum atomic E-state index is -0.397. The number of aliphatic imine (C=N–C) groups is 1. The molecule has 0 aliphatic heterocycles. The van der Waals surface area contributed by atoms with Gasteiger partial charge in [0.25, 0.3) is 5.69 Å². The summed E-state index contributed by atoms with van der Waals surface area (Å²) in [5.74, 6) is 0.782. The van der Waals surface area contributed by atoms with Crippen LogP contribution in [0, 0.1) is 10.1 Å². The molecule has 0 atom stereocenters. The maximum atomic E-state index is 10.6. The van der Waals surface area contributed by atoms with Crippen molar-refractivity contribution in [3.63, 3.8) is 0 Å². The quantitative estimate of drug-likeness (QED) is 0.286. The van der Waals surface area contributed by atoms with Crippen LogP contribution in [0.25, 0.3) is 0 Å². The van der Waals surface area contributed by atoms with Crippen molar-refractivity contribution in [2.45, 2.75) is 32.4 Å². The van der Waals surface area contributed by atoms with E-state index >= 15 is 0 Å². The van der Waals surface area contributed by atoms with Gasteiger partial charge in [-0.25, -0.2) is 4.99 Å². The molecule has 0 radical (unpaired) electrons. The molecule has 6 nitrogen and oxygen atoms in total. The van der Waals surface area contributed by atoms with Crippen molar-refractivity contribution in [2.75, 3.05) is 6.54 Å². The lowest BCUT2D eigenvalue weighted by atomic mass is 10.2. The fourth-order valence-electron chi connectivity index (χ4n) is 2.14. The summed E-state index contributed by atoms with van der Waals surface area (Å²) < 4.78 is 0. The van der Waals surface area contributed by atoms with E-state index in [2.05, 4.69) is 27.8 Å². The SMILES string of the molecule is CCNC(=NCc1ccc([N+](=O)[O-])cc1)NC1CC=CC1. The van der Waals surface area contributed by atoms with Crippen molar-refractivity contribution in [2.24, 2.45) is 4.99 Å². The molecule has 0 aromatic heterocycles. The number of nitro groups is 1. The molecule has 0 heterocycles. The van der Waals surface area contributed by atoms with Crippen LogP contribution in [0.4, 0.5) is 5.69 Å². The molecular formula is C15H20N4O2. The minimum absolute atomic E-state index is 0.102. The number of guanidine groups is 1. The summed E-state index contributed by atoms with van der Waals surface area (Å²) in [5.41, 5.74) is 1.05. The first-order chi connectivity index (χ1) is 10.2. The number of nitrogens with zero attached hydrogens (tertiary/aromatic N) is 2. The predicted octanol–water partition coefficient (Wildman–Crippen LogP) is 2.37. The topological polar surface area (TPSA) is 79.6 Å². The normalized spacial score (nSPS) is 15.2. The number of nitro benzene ring substituents is 1. The van der Waals surface area contributed by atoms with Crippen molar-refractivity contribution in [1.29, 1.82) is 0 Å². The number of nitrogens with one attached hydrogen (secondary N) is 2. The van der Waals surface area contributed by atoms with Gasteiger partial charge in [-0.05, 0) is 25.3 Å². The van der Waals surface area contributed by atoms with Crippen LogP contribution in [-0.4, -0.2) is 23.5 Å². The lowest BCUT2D eigenvalue weighted by Crippen LogP contribution is -2.42. The van der Waals surface area contributed by atoms with Gasteiger partial charge >= 0.3 is 0 Å². The maximum Gasteiger partial charge on any atom is 0.269 e. The Labute approximate surface area is 124 Å². The fourth-order valence-corrected chi connectivity index (χ4v) is 2.14. The van der Waals surface area contributed by atoms with E-state index in [1.807, 2.05) is 6.92 Å². The van der Waals surface area contributed by atoms with Crippen molar-refractivity contribution in [3.8, 4) is 0 Å². The largest absolute Gasteiger partial charge is 0.357 e. The van der Waals surface area contributed by atoms with Crippen LogP contribution in [-0.2, 0) is 6.54 Å². The second-order valence-electron chi connectivity index (χ2n) is 4.90. The van der Waals surface area contributed by atoms with Crippen LogP contribution >= 0.6 is 0 Å². The van der Waals surface area contributed by atoms with Crippen LogP contribution in [0.1, 0.15) is 25.3 Å². The molecule has 0 saturated carbocycles. The molecule has 0 amide bonds. The summed E-state index contributed by atoms with van der Waals surface area (Å²) in [6.45, 7) is 3.32. The molecular weight excluding hydrogens is 268 g/mol. The summed E-state index contributed by atoms with van der Waals surface area (Å²) in [7, 11) is 0. The molecule has 0 unspecified atom stereocenters. The van der Waals surface area contributed by atoms with Crippen molar-refractivity contribution >= 4 is 11.6 Å². The standard InChI is InChI=1S/C15H20N4O2/c1-2-16-15(18-13-5-3-4-6-13)17-11-12-7-9-14(10-8-12)19(20)21/h3-4,7-10,13H,2,5-6,11H2,1H3,(H2,16,17,18). The van der Waals surface area contributed by atoms with Crippen molar-refractivity contribution in [3.05, 3.63) is 52.1 Å². The van der Waals surface area contributed by atoms with E-state index < -0.39 is 4.92 Å². The Morgan fingerprint density at radius 1 is 1.33 bits per heavy atom. The highest BCUT2D eigenvalue weighted by atomic mass is 16.6. The van der Waals surface area contributed by atoms with Gasteiger partial charge in [-0.3, -0.25) is 10.1 Å². The average molecular weight is 288 g/mol. The van der Waals surface area contributed by atoms with E-state index in [1.54, 1.807) is 12.1 Å². The van der Waals surface area contributed by atoms with Crippen molar-refractivity contribution < 1.29 is 4.92 Å². The lowest BCUT2D eigenvalue weighted by molar-refractivity contribution is -0.384. The van der Waals surface area contributed by atoms with Gasteiger partial charge in [0.15, 0.2) is 5.96 Å². The lowest BCUT2D eigenvalue weighted by Gasteiger charge is -2.16. The van der Waals surface area contributed by atoms with Gasteiger partial charge in [0, 0.05) is 24.7 Å². The third kappa shape index (κ3) is 4.59. The predicted molar refractivity (Wildman–Crippen MR) is 83.2 cm³/mol. The van der Waals surface area contributed by atoms with Crippen LogP contribution in [0.15, 0.2) is 41.4 Å². The Bertz CT molecular complexity index is 529. The zero-order valence-corrected chi connectivity index (χ0v) is 12.1. The van der Waals surface area contributed by atoms with Crippen LogP contribution in [0.3, 0.4) is 0 Å². The van der Waals surface area contributed by atoms with E-state index in [9.17, 15) is 10.1 Å². The first-order valence-electron chi connectivity index (χ1n) is 7.12. The number of non-ortho nitro benzene ring substituents is 1. The summed E-state index contributed by atoms with van der Waals surface area (Å²) in [6, 6.07) is 6.89. The molecule has 1 aromatic rings. The molecule has 112 valence electrons. The van der Waals surface area contributed by atoms with E-state index in [4.69, 9.17) is 0 Å². The molecule has 6 heteroatoms. The van der Waals surface area contributed by atoms with Gasteiger partial charge in [-0.2, -0.15) is 0 Å². The summed E-state index contributed by atoms with van der Waals surface area (Å²) >= 11 is 0. The highest BCUT2D eigenvalue weighted by Gasteiger charge is 2.11. The van der Waals surface area contributed by atoms with Gasteiger partial charge in [0.2, 0.25) is 0 Å². The average Bonchev–Trinajstić information content (AvgIpc) is 2.98. The third-order valence-electron chi connectivity index (χ3n) is 3.26. The Morgan fingerprint density at radius 2 is 2.00 bits per heavy atom. The molecule has 2 N–H and O–H groups in total. The van der Waals surface area contributed by atoms with E-state index in [0.717, 1.165) is 30.9 Å². The highest BCUT2D eigenvalue weighted by Crippen LogP contribution is 2.13. The zero-order valence-electron chi connectivity index (χ0n) is 12.1. The summed E-state index contributed by atoms with van der Waals surface area (Å²) in [4.78, 5) is 14.7. The van der Waals surface area contributed by atoms with E-state index in [-0.39, 0.29) is 5.69 Å². The smallest absolute Gasteiger partial charge is 0.269 e. The van der Waals surface area contributed by atoms with Crippen LogP contribution in [0.2, 0.25) is 0 Å². The molecule has 0 bridgehead atoms. The van der Waals surface area contributed by atoms with Gasteiger partial charge in [-0.1, -0.05) is 24.3 Å². The molecule has 0 spiro atoms. The second-order valence-corrected chi connectivity index (χ2v) is 4.90. The van der Waals surface area contributed by atoms with E-state index in [0.29, 0.717) is 12.6 Å². The first kappa shape index (κ1) is 15.0. The number of benzene rings is 1. The number of hydrogen-bond donors (Lipinski definition) is 2. The first-order valence-corrected chi connectivity index (χ1v) is 7.12.